The second kappa shape index (κ2) is 9.55. The van der Waals surface area contributed by atoms with Gasteiger partial charge in [0, 0.05) is 37.3 Å². The van der Waals surface area contributed by atoms with Crippen LogP contribution in [0, 0.1) is 11.7 Å². The monoisotopic (exact) mass is 439 g/mol. The molecule has 22 heavy (non-hydrogen) atoms. The average molecular weight is 440 g/mol. The molecule has 1 heterocycles. The molecule has 0 aliphatic carbocycles. The summed E-state index contributed by atoms with van der Waals surface area (Å²) in [7, 11) is 1.79. The van der Waals surface area contributed by atoms with Crippen molar-refractivity contribution >= 4 is 41.5 Å². The van der Waals surface area contributed by atoms with Crippen molar-refractivity contribution in [1.29, 1.82) is 0 Å². The molecule has 0 radical (unpaired) electrons. The van der Waals surface area contributed by atoms with Gasteiger partial charge in [0.15, 0.2) is 5.96 Å². The third kappa shape index (κ3) is 5.26. The van der Waals surface area contributed by atoms with Crippen molar-refractivity contribution < 1.29 is 4.39 Å². The van der Waals surface area contributed by atoms with Crippen LogP contribution in [-0.2, 0) is 6.42 Å². The maximum atomic E-state index is 13.7. The molecule has 1 fully saturated rings. The summed E-state index contributed by atoms with van der Waals surface area (Å²) in [5, 5.41) is 3.80. The highest BCUT2D eigenvalue weighted by Crippen LogP contribution is 2.19. The minimum absolute atomic E-state index is 0. The summed E-state index contributed by atoms with van der Waals surface area (Å²) in [5.41, 5.74) is 0.564. The second-order valence-corrected chi connectivity index (χ2v) is 6.02. The Labute approximate surface area is 154 Å². The Hall–Kier alpha value is -0.560. The van der Waals surface area contributed by atoms with Crippen LogP contribution in [0.25, 0.3) is 0 Å². The number of nitrogens with zero attached hydrogens (tertiary/aromatic N) is 2. The molecule has 1 unspecified atom stereocenters. The van der Waals surface area contributed by atoms with Crippen molar-refractivity contribution in [3.8, 4) is 0 Å². The number of aliphatic imine (C=N–C) groups is 1. The van der Waals surface area contributed by atoms with Crippen LogP contribution >= 0.6 is 35.6 Å². The van der Waals surface area contributed by atoms with E-state index in [-0.39, 0.29) is 29.8 Å². The standard InChI is InChI=1S/C16H23ClFN3.HI/c1-12-5-4-10-21(11-12)16(19-2)20-9-8-13-14(17)6-3-7-15(13)18;/h3,6-7,12H,4-5,8-11H2,1-2H3,(H,19,20);1H. The van der Waals surface area contributed by atoms with Crippen molar-refractivity contribution in [2.24, 2.45) is 10.9 Å². The Morgan fingerprint density at radius 1 is 1.50 bits per heavy atom. The number of likely N-dealkylation sites (tertiary alicyclic amines) is 1. The van der Waals surface area contributed by atoms with Crippen LogP contribution in [0.5, 0.6) is 0 Å². The van der Waals surface area contributed by atoms with Gasteiger partial charge in [-0.05, 0) is 37.3 Å². The summed E-state index contributed by atoms with van der Waals surface area (Å²) in [5.74, 6) is 1.35. The number of guanidine groups is 1. The number of hydrogen-bond acceptors (Lipinski definition) is 1. The first-order valence-electron chi connectivity index (χ1n) is 7.50. The van der Waals surface area contributed by atoms with Crippen LogP contribution in [0.15, 0.2) is 23.2 Å². The third-order valence-corrected chi connectivity index (χ3v) is 4.24. The lowest BCUT2D eigenvalue weighted by Gasteiger charge is -2.33. The lowest BCUT2D eigenvalue weighted by molar-refractivity contribution is 0.266. The Balaban J connectivity index is 0.00000242. The molecule has 1 N–H and O–H groups in total. The van der Waals surface area contributed by atoms with E-state index in [1.165, 1.54) is 18.9 Å². The molecule has 0 saturated carbocycles. The lowest BCUT2D eigenvalue weighted by atomic mass is 10.0. The highest BCUT2D eigenvalue weighted by Gasteiger charge is 2.19. The number of halogens is 3. The van der Waals surface area contributed by atoms with E-state index in [1.807, 2.05) is 0 Å². The van der Waals surface area contributed by atoms with Crippen molar-refractivity contribution in [2.75, 3.05) is 26.7 Å². The maximum absolute atomic E-state index is 13.7. The van der Waals surface area contributed by atoms with E-state index in [9.17, 15) is 4.39 Å². The molecule has 0 spiro atoms. The summed E-state index contributed by atoms with van der Waals surface area (Å²) in [6, 6.07) is 4.80. The van der Waals surface area contributed by atoms with Crippen LogP contribution in [0.3, 0.4) is 0 Å². The SMILES string of the molecule is CN=C(NCCc1c(F)cccc1Cl)N1CCCC(C)C1.I. The van der Waals surface area contributed by atoms with E-state index in [0.717, 1.165) is 19.0 Å². The molecule has 3 nitrogen and oxygen atoms in total. The quantitative estimate of drug-likeness (QED) is 0.439. The predicted molar refractivity (Wildman–Crippen MR) is 102 cm³/mol. The molecule has 6 heteroatoms. The van der Waals surface area contributed by atoms with Gasteiger partial charge in [-0.25, -0.2) is 4.39 Å². The molecule has 1 aromatic rings. The third-order valence-electron chi connectivity index (χ3n) is 3.89. The van der Waals surface area contributed by atoms with E-state index in [2.05, 4.69) is 22.1 Å². The largest absolute Gasteiger partial charge is 0.356 e. The Morgan fingerprint density at radius 2 is 2.27 bits per heavy atom. The van der Waals surface area contributed by atoms with Gasteiger partial charge < -0.3 is 10.2 Å². The molecular formula is C16H24ClFIN3. The number of rotatable bonds is 3. The number of hydrogen-bond donors (Lipinski definition) is 1. The van der Waals surface area contributed by atoms with Crippen molar-refractivity contribution in [1.82, 2.24) is 10.2 Å². The number of nitrogens with one attached hydrogen (secondary N) is 1. The molecule has 124 valence electrons. The Morgan fingerprint density at radius 3 is 2.91 bits per heavy atom. The van der Waals surface area contributed by atoms with Gasteiger partial charge in [0.1, 0.15) is 5.82 Å². The van der Waals surface area contributed by atoms with Gasteiger partial charge in [-0.1, -0.05) is 24.6 Å². The van der Waals surface area contributed by atoms with Crippen molar-refractivity contribution in [3.05, 3.63) is 34.6 Å². The molecule has 0 bridgehead atoms. The highest BCUT2D eigenvalue weighted by atomic mass is 127. The fourth-order valence-electron chi connectivity index (χ4n) is 2.78. The summed E-state index contributed by atoms with van der Waals surface area (Å²) >= 11 is 6.04. The molecule has 1 aromatic carbocycles. The molecule has 1 atom stereocenters. The molecule has 1 aliphatic rings. The van der Waals surface area contributed by atoms with Crippen LogP contribution in [-0.4, -0.2) is 37.5 Å². The van der Waals surface area contributed by atoms with Crippen LogP contribution in [0.2, 0.25) is 5.02 Å². The zero-order chi connectivity index (χ0) is 15.2. The van der Waals surface area contributed by atoms with E-state index >= 15 is 0 Å². The fraction of sp³-hybridized carbons (Fsp3) is 0.562. The van der Waals surface area contributed by atoms with Gasteiger partial charge >= 0.3 is 0 Å². The smallest absolute Gasteiger partial charge is 0.193 e. The van der Waals surface area contributed by atoms with Gasteiger partial charge in [0.05, 0.1) is 0 Å². The molecule has 1 saturated heterocycles. The van der Waals surface area contributed by atoms with E-state index in [0.29, 0.717) is 29.5 Å². The fourth-order valence-corrected chi connectivity index (χ4v) is 3.04. The van der Waals surface area contributed by atoms with Gasteiger partial charge in [-0.15, -0.1) is 24.0 Å². The summed E-state index contributed by atoms with van der Waals surface area (Å²) in [4.78, 5) is 6.60. The molecule has 1 aliphatic heterocycles. The van der Waals surface area contributed by atoms with Gasteiger partial charge in [-0.2, -0.15) is 0 Å². The summed E-state index contributed by atoms with van der Waals surface area (Å²) in [6.07, 6.45) is 3.02. The number of benzene rings is 1. The topological polar surface area (TPSA) is 27.6 Å². The predicted octanol–water partition coefficient (Wildman–Crippen LogP) is 3.95. The number of piperidine rings is 1. The Kier molecular flexibility index (Phi) is 8.46. The van der Waals surface area contributed by atoms with Crippen molar-refractivity contribution in [2.45, 2.75) is 26.2 Å². The first-order valence-corrected chi connectivity index (χ1v) is 7.88. The normalized spacial score (nSPS) is 18.8. The van der Waals surface area contributed by atoms with Crippen LogP contribution < -0.4 is 5.32 Å². The minimum atomic E-state index is -0.245. The summed E-state index contributed by atoms with van der Waals surface area (Å²) < 4.78 is 13.7. The first kappa shape index (κ1) is 19.5. The van der Waals surface area contributed by atoms with E-state index < -0.39 is 0 Å². The molecule has 0 aromatic heterocycles. The van der Waals surface area contributed by atoms with Gasteiger partial charge in [0.2, 0.25) is 0 Å². The van der Waals surface area contributed by atoms with Crippen LogP contribution in [0.1, 0.15) is 25.3 Å². The first-order chi connectivity index (χ1) is 10.1. The average Bonchev–Trinajstić information content (AvgIpc) is 2.46. The zero-order valence-corrected chi connectivity index (χ0v) is 16.2. The molecular weight excluding hydrogens is 416 g/mol. The van der Waals surface area contributed by atoms with Crippen molar-refractivity contribution in [3.63, 3.8) is 0 Å². The maximum Gasteiger partial charge on any atom is 0.193 e. The highest BCUT2D eigenvalue weighted by molar-refractivity contribution is 14.0. The van der Waals surface area contributed by atoms with Gasteiger partial charge in [0.25, 0.3) is 0 Å². The zero-order valence-electron chi connectivity index (χ0n) is 13.1. The summed E-state index contributed by atoms with van der Waals surface area (Å²) in [6.45, 7) is 4.95. The Bertz CT molecular complexity index is 490. The van der Waals surface area contributed by atoms with E-state index in [1.54, 1.807) is 19.2 Å². The second-order valence-electron chi connectivity index (χ2n) is 5.62. The van der Waals surface area contributed by atoms with Gasteiger partial charge in [-0.3, -0.25) is 4.99 Å². The van der Waals surface area contributed by atoms with Crippen LogP contribution in [0.4, 0.5) is 4.39 Å². The molecule has 2 rings (SSSR count). The lowest BCUT2D eigenvalue weighted by Crippen LogP contribution is -2.46. The molecule has 0 amide bonds. The minimum Gasteiger partial charge on any atom is -0.356 e. The van der Waals surface area contributed by atoms with E-state index in [4.69, 9.17) is 11.6 Å².